The van der Waals surface area contributed by atoms with Crippen LogP contribution in [0.4, 0.5) is 18.9 Å². The Balaban J connectivity index is 2.13. The highest BCUT2D eigenvalue weighted by Gasteiger charge is 2.22. The number of carbonyl (C=O) groups excluding carboxylic acids is 2. The predicted molar refractivity (Wildman–Crippen MR) is 87.6 cm³/mol. The van der Waals surface area contributed by atoms with Gasteiger partial charge in [-0.05, 0) is 50.2 Å². The molecule has 4 nitrogen and oxygen atoms in total. The smallest absolute Gasteiger partial charge is 0.254 e. The summed E-state index contributed by atoms with van der Waals surface area (Å²) in [5.41, 5.74) is 0.195. The van der Waals surface area contributed by atoms with Gasteiger partial charge < -0.3 is 10.2 Å². The molecule has 0 heterocycles. The zero-order chi connectivity index (χ0) is 18.6. The average Bonchev–Trinajstić information content (AvgIpc) is 2.53. The van der Waals surface area contributed by atoms with Crippen LogP contribution in [0.5, 0.6) is 0 Å². The lowest BCUT2D eigenvalue weighted by Crippen LogP contribution is -2.42. The van der Waals surface area contributed by atoms with Gasteiger partial charge in [0.1, 0.15) is 24.0 Å². The van der Waals surface area contributed by atoms with E-state index in [1.54, 1.807) is 13.8 Å². The van der Waals surface area contributed by atoms with Gasteiger partial charge in [0.15, 0.2) is 0 Å². The van der Waals surface area contributed by atoms with Crippen LogP contribution >= 0.6 is 0 Å². The number of nitrogens with one attached hydrogen (secondary N) is 1. The molecule has 1 N–H and O–H groups in total. The van der Waals surface area contributed by atoms with Gasteiger partial charge in [0.05, 0.1) is 0 Å². The molecule has 0 radical (unpaired) electrons. The maximum atomic E-state index is 13.3. The molecule has 0 unspecified atom stereocenters. The van der Waals surface area contributed by atoms with Crippen molar-refractivity contribution in [2.24, 2.45) is 0 Å². The number of anilines is 1. The van der Waals surface area contributed by atoms with Crippen LogP contribution in [0, 0.1) is 17.5 Å². The molecule has 0 fully saturated rings. The Hall–Kier alpha value is -2.83. The molecule has 2 aromatic rings. The summed E-state index contributed by atoms with van der Waals surface area (Å²) in [6.45, 7) is 3.05. The molecule has 0 saturated heterocycles. The summed E-state index contributed by atoms with van der Waals surface area (Å²) in [7, 11) is 0. The molecular weight excluding hydrogens is 333 g/mol. The molecule has 0 aromatic heterocycles. The van der Waals surface area contributed by atoms with Gasteiger partial charge in [-0.3, -0.25) is 9.59 Å². The molecule has 0 bridgehead atoms. The third-order valence-corrected chi connectivity index (χ3v) is 3.44. The summed E-state index contributed by atoms with van der Waals surface area (Å²) < 4.78 is 39.5. The second-order valence-corrected chi connectivity index (χ2v) is 5.74. The first-order valence-corrected chi connectivity index (χ1v) is 7.58. The summed E-state index contributed by atoms with van der Waals surface area (Å²) in [5.74, 6) is -3.36. The topological polar surface area (TPSA) is 49.4 Å². The summed E-state index contributed by atoms with van der Waals surface area (Å²) >= 11 is 0. The molecule has 0 atom stereocenters. The van der Waals surface area contributed by atoms with E-state index in [0.717, 1.165) is 12.1 Å². The Morgan fingerprint density at radius 3 is 2.04 bits per heavy atom. The lowest BCUT2D eigenvalue weighted by atomic mass is 10.1. The Morgan fingerprint density at radius 1 is 0.960 bits per heavy atom. The molecule has 0 aliphatic heterocycles. The Bertz CT molecular complexity index is 756. The maximum Gasteiger partial charge on any atom is 0.254 e. The fourth-order valence-electron chi connectivity index (χ4n) is 2.22. The lowest BCUT2D eigenvalue weighted by Gasteiger charge is -2.26. The van der Waals surface area contributed by atoms with E-state index >= 15 is 0 Å². The van der Waals surface area contributed by atoms with Crippen molar-refractivity contribution in [1.29, 1.82) is 0 Å². The van der Waals surface area contributed by atoms with Crippen molar-refractivity contribution in [2.75, 3.05) is 11.9 Å². The minimum Gasteiger partial charge on any atom is -0.327 e. The van der Waals surface area contributed by atoms with Crippen LogP contribution < -0.4 is 5.32 Å². The van der Waals surface area contributed by atoms with E-state index in [-0.39, 0.29) is 18.2 Å². The second-order valence-electron chi connectivity index (χ2n) is 5.74. The van der Waals surface area contributed by atoms with Crippen LogP contribution in [0.15, 0.2) is 42.5 Å². The molecule has 132 valence electrons. The normalized spacial score (nSPS) is 10.6. The molecule has 0 saturated carbocycles. The third kappa shape index (κ3) is 5.07. The third-order valence-electron chi connectivity index (χ3n) is 3.44. The molecule has 0 aliphatic rings. The number of halogens is 3. The fourth-order valence-corrected chi connectivity index (χ4v) is 2.22. The first-order valence-electron chi connectivity index (χ1n) is 7.58. The number of rotatable bonds is 5. The van der Waals surface area contributed by atoms with Gasteiger partial charge in [-0.2, -0.15) is 0 Å². The van der Waals surface area contributed by atoms with Crippen LogP contribution in [0.25, 0.3) is 0 Å². The van der Waals surface area contributed by atoms with E-state index in [9.17, 15) is 22.8 Å². The number of hydrogen-bond acceptors (Lipinski definition) is 2. The maximum absolute atomic E-state index is 13.3. The van der Waals surface area contributed by atoms with Gasteiger partial charge in [-0.1, -0.05) is 0 Å². The molecule has 25 heavy (non-hydrogen) atoms. The van der Waals surface area contributed by atoms with Gasteiger partial charge in [-0.15, -0.1) is 0 Å². The minimum atomic E-state index is -0.872. The Kier molecular flexibility index (Phi) is 5.80. The molecular formula is C18H17F3N2O2. The standard InChI is InChI=1S/C18H17F3N2O2/c1-11(2)23(18(25)12-7-14(20)9-15(21)8-12)10-17(24)22-16-5-3-13(19)4-6-16/h3-9,11H,10H2,1-2H3,(H,22,24). The van der Waals surface area contributed by atoms with E-state index in [2.05, 4.69) is 5.32 Å². The largest absolute Gasteiger partial charge is 0.327 e. The average molecular weight is 350 g/mol. The van der Waals surface area contributed by atoms with Gasteiger partial charge in [-0.25, -0.2) is 13.2 Å². The van der Waals surface area contributed by atoms with Crippen LogP contribution in [0.3, 0.4) is 0 Å². The molecule has 7 heteroatoms. The van der Waals surface area contributed by atoms with E-state index < -0.39 is 29.3 Å². The van der Waals surface area contributed by atoms with Crippen molar-refractivity contribution in [3.05, 3.63) is 65.5 Å². The Labute approximate surface area is 143 Å². The highest BCUT2D eigenvalue weighted by molar-refractivity contribution is 5.99. The van der Waals surface area contributed by atoms with E-state index in [0.29, 0.717) is 11.8 Å². The summed E-state index contributed by atoms with van der Waals surface area (Å²) in [4.78, 5) is 25.8. The second kappa shape index (κ2) is 7.83. The quantitative estimate of drug-likeness (QED) is 0.896. The highest BCUT2D eigenvalue weighted by atomic mass is 19.1. The van der Waals surface area contributed by atoms with Crippen molar-refractivity contribution in [3.8, 4) is 0 Å². The zero-order valence-electron chi connectivity index (χ0n) is 13.7. The molecule has 0 aliphatic carbocycles. The number of nitrogens with zero attached hydrogens (tertiary/aromatic N) is 1. The summed E-state index contributed by atoms with van der Waals surface area (Å²) in [6, 6.07) is 7.27. The first kappa shape index (κ1) is 18.5. The van der Waals surface area contributed by atoms with Crippen molar-refractivity contribution in [3.63, 3.8) is 0 Å². The van der Waals surface area contributed by atoms with Crippen molar-refractivity contribution < 1.29 is 22.8 Å². The molecule has 2 amide bonds. The van der Waals surface area contributed by atoms with Crippen LogP contribution in [-0.4, -0.2) is 29.3 Å². The zero-order valence-corrected chi connectivity index (χ0v) is 13.7. The van der Waals surface area contributed by atoms with E-state index in [1.807, 2.05) is 0 Å². The molecule has 0 spiro atoms. The van der Waals surface area contributed by atoms with Gasteiger partial charge in [0.2, 0.25) is 5.91 Å². The van der Waals surface area contributed by atoms with Crippen LogP contribution in [0.1, 0.15) is 24.2 Å². The van der Waals surface area contributed by atoms with E-state index in [1.165, 1.54) is 29.2 Å². The number of benzene rings is 2. The highest BCUT2D eigenvalue weighted by Crippen LogP contribution is 2.14. The number of amides is 2. The van der Waals surface area contributed by atoms with Gasteiger partial charge >= 0.3 is 0 Å². The first-order chi connectivity index (χ1) is 11.8. The monoisotopic (exact) mass is 350 g/mol. The van der Waals surface area contributed by atoms with Crippen molar-refractivity contribution in [2.45, 2.75) is 19.9 Å². The van der Waals surface area contributed by atoms with Gasteiger partial charge in [0.25, 0.3) is 5.91 Å². The predicted octanol–water partition coefficient (Wildman–Crippen LogP) is 3.59. The number of carbonyl (C=O) groups is 2. The summed E-state index contributed by atoms with van der Waals surface area (Å²) in [5, 5.41) is 2.54. The van der Waals surface area contributed by atoms with Crippen LogP contribution in [0.2, 0.25) is 0 Å². The minimum absolute atomic E-state index is 0.180. The van der Waals surface area contributed by atoms with Crippen molar-refractivity contribution in [1.82, 2.24) is 4.90 Å². The number of hydrogen-bond donors (Lipinski definition) is 1. The SMILES string of the molecule is CC(C)N(CC(=O)Nc1ccc(F)cc1)C(=O)c1cc(F)cc(F)c1. The fraction of sp³-hybridized carbons (Fsp3) is 0.222. The van der Waals surface area contributed by atoms with E-state index in [4.69, 9.17) is 0 Å². The molecule has 2 rings (SSSR count). The Morgan fingerprint density at radius 2 is 1.52 bits per heavy atom. The summed E-state index contributed by atoms with van der Waals surface area (Å²) in [6.07, 6.45) is 0. The van der Waals surface area contributed by atoms with Gasteiger partial charge in [0, 0.05) is 23.4 Å². The lowest BCUT2D eigenvalue weighted by molar-refractivity contribution is -0.117. The van der Waals surface area contributed by atoms with Crippen molar-refractivity contribution >= 4 is 17.5 Å². The van der Waals surface area contributed by atoms with Crippen LogP contribution in [-0.2, 0) is 4.79 Å². The molecule has 2 aromatic carbocycles.